The minimum Gasteiger partial charge on any atom is -0.357 e. The van der Waals surface area contributed by atoms with Gasteiger partial charge in [0, 0.05) is 36.8 Å². The van der Waals surface area contributed by atoms with Crippen molar-refractivity contribution in [3.05, 3.63) is 42.2 Å². The third kappa shape index (κ3) is 3.91. The fourth-order valence-corrected chi connectivity index (χ4v) is 2.92. The van der Waals surface area contributed by atoms with Crippen LogP contribution < -0.4 is 10.2 Å². The van der Waals surface area contributed by atoms with Crippen molar-refractivity contribution in [3.8, 4) is 11.3 Å². The molecule has 1 saturated heterocycles. The summed E-state index contributed by atoms with van der Waals surface area (Å²) in [4.78, 5) is 23.3. The van der Waals surface area contributed by atoms with Crippen molar-refractivity contribution in [2.75, 3.05) is 24.5 Å². The van der Waals surface area contributed by atoms with Crippen LogP contribution in [0.2, 0.25) is 0 Å². The maximum Gasteiger partial charge on any atom is 0.251 e. The first-order valence-corrected chi connectivity index (χ1v) is 8.73. The molecule has 1 aromatic carbocycles. The number of unbranched alkanes of at least 4 members (excludes halogenated alkanes) is 1. The Kier molecular flexibility index (Phi) is 5.41. The molecule has 1 aliphatic rings. The molecule has 2 heterocycles. The summed E-state index contributed by atoms with van der Waals surface area (Å²) < 4.78 is 0. The van der Waals surface area contributed by atoms with Crippen LogP contribution >= 0.6 is 0 Å². The Morgan fingerprint density at radius 2 is 2.04 bits per heavy atom. The van der Waals surface area contributed by atoms with E-state index in [1.54, 1.807) is 6.33 Å². The van der Waals surface area contributed by atoms with Gasteiger partial charge in [-0.15, -0.1) is 0 Å². The highest BCUT2D eigenvalue weighted by Crippen LogP contribution is 2.23. The summed E-state index contributed by atoms with van der Waals surface area (Å²) in [6, 6.07) is 9.64. The third-order valence-corrected chi connectivity index (χ3v) is 4.32. The zero-order valence-electron chi connectivity index (χ0n) is 14.2. The number of nitrogens with zero attached hydrogens (tertiary/aromatic N) is 3. The standard InChI is InChI=1S/C19H24N4O/c1-2-3-9-20-19(24)16-8-6-7-15(12-16)17-13-18(22-14-21-17)23-10-4-5-11-23/h6-8,12-14H,2-5,9-11H2,1H3,(H,20,24). The molecule has 0 unspecified atom stereocenters. The lowest BCUT2D eigenvalue weighted by atomic mass is 10.1. The molecule has 0 aliphatic carbocycles. The van der Waals surface area contributed by atoms with E-state index in [1.165, 1.54) is 12.8 Å². The average Bonchev–Trinajstić information content (AvgIpc) is 3.17. The largest absolute Gasteiger partial charge is 0.357 e. The molecule has 0 saturated carbocycles. The second-order valence-electron chi connectivity index (χ2n) is 6.15. The molecule has 5 heteroatoms. The molecule has 1 fully saturated rings. The highest BCUT2D eigenvalue weighted by molar-refractivity contribution is 5.95. The van der Waals surface area contributed by atoms with Crippen LogP contribution in [-0.4, -0.2) is 35.5 Å². The van der Waals surface area contributed by atoms with Gasteiger partial charge in [-0.3, -0.25) is 4.79 Å². The summed E-state index contributed by atoms with van der Waals surface area (Å²) in [5, 5.41) is 2.95. The van der Waals surface area contributed by atoms with E-state index in [0.717, 1.165) is 43.0 Å². The van der Waals surface area contributed by atoms with E-state index in [9.17, 15) is 4.79 Å². The third-order valence-electron chi connectivity index (χ3n) is 4.32. The molecule has 126 valence electrons. The van der Waals surface area contributed by atoms with Crippen LogP contribution in [0.4, 0.5) is 5.82 Å². The minimum absolute atomic E-state index is 0.0286. The van der Waals surface area contributed by atoms with Gasteiger partial charge < -0.3 is 10.2 Å². The Hall–Kier alpha value is -2.43. The van der Waals surface area contributed by atoms with Gasteiger partial charge in [-0.05, 0) is 31.4 Å². The number of hydrogen-bond acceptors (Lipinski definition) is 4. The second-order valence-corrected chi connectivity index (χ2v) is 6.15. The van der Waals surface area contributed by atoms with Crippen molar-refractivity contribution >= 4 is 11.7 Å². The van der Waals surface area contributed by atoms with Crippen molar-refractivity contribution in [3.63, 3.8) is 0 Å². The van der Waals surface area contributed by atoms with E-state index in [-0.39, 0.29) is 5.91 Å². The molecule has 2 aromatic rings. The Balaban J connectivity index is 1.78. The van der Waals surface area contributed by atoms with E-state index in [1.807, 2.05) is 30.3 Å². The number of benzene rings is 1. The lowest BCUT2D eigenvalue weighted by molar-refractivity contribution is 0.0953. The lowest BCUT2D eigenvalue weighted by Gasteiger charge is -2.16. The summed E-state index contributed by atoms with van der Waals surface area (Å²) in [6.45, 7) is 4.93. The number of rotatable bonds is 6. The van der Waals surface area contributed by atoms with E-state index in [2.05, 4.69) is 27.1 Å². The number of amides is 1. The Morgan fingerprint density at radius 3 is 2.83 bits per heavy atom. The molecule has 24 heavy (non-hydrogen) atoms. The second kappa shape index (κ2) is 7.90. The van der Waals surface area contributed by atoms with Crippen LogP contribution in [0.15, 0.2) is 36.7 Å². The summed E-state index contributed by atoms with van der Waals surface area (Å²) in [6.07, 6.45) is 6.10. The van der Waals surface area contributed by atoms with Crippen molar-refractivity contribution in [2.45, 2.75) is 32.6 Å². The quantitative estimate of drug-likeness (QED) is 0.829. The molecule has 0 bridgehead atoms. The molecular weight excluding hydrogens is 300 g/mol. The van der Waals surface area contributed by atoms with Crippen molar-refractivity contribution in [1.29, 1.82) is 0 Å². The van der Waals surface area contributed by atoms with Crippen LogP contribution in [0.5, 0.6) is 0 Å². The predicted octanol–water partition coefficient (Wildman–Crippen LogP) is 3.27. The molecule has 1 aromatic heterocycles. The summed E-state index contributed by atoms with van der Waals surface area (Å²) >= 11 is 0. The molecular formula is C19H24N4O. The molecule has 1 aliphatic heterocycles. The topological polar surface area (TPSA) is 58.1 Å². The van der Waals surface area contributed by atoms with E-state index < -0.39 is 0 Å². The first kappa shape index (κ1) is 16.4. The van der Waals surface area contributed by atoms with Gasteiger partial charge in [-0.25, -0.2) is 9.97 Å². The summed E-state index contributed by atoms with van der Waals surface area (Å²) in [5.74, 6) is 0.939. The lowest BCUT2D eigenvalue weighted by Crippen LogP contribution is -2.24. The minimum atomic E-state index is -0.0286. The molecule has 0 atom stereocenters. The van der Waals surface area contributed by atoms with Gasteiger partial charge in [0.15, 0.2) is 0 Å². The van der Waals surface area contributed by atoms with Crippen LogP contribution in [0.25, 0.3) is 11.3 Å². The number of hydrogen-bond donors (Lipinski definition) is 1. The normalized spacial score (nSPS) is 14.0. The van der Waals surface area contributed by atoms with E-state index >= 15 is 0 Å². The molecule has 1 amide bonds. The summed E-state index contributed by atoms with van der Waals surface area (Å²) in [5.41, 5.74) is 2.47. The van der Waals surface area contributed by atoms with Crippen molar-refractivity contribution in [1.82, 2.24) is 15.3 Å². The molecule has 5 nitrogen and oxygen atoms in total. The fraction of sp³-hybridized carbons (Fsp3) is 0.421. The zero-order valence-corrected chi connectivity index (χ0v) is 14.2. The van der Waals surface area contributed by atoms with Crippen molar-refractivity contribution in [2.24, 2.45) is 0 Å². The number of carbonyl (C=O) groups is 1. The molecule has 1 N–H and O–H groups in total. The predicted molar refractivity (Wildman–Crippen MR) is 96.2 cm³/mol. The zero-order chi connectivity index (χ0) is 16.8. The number of nitrogens with one attached hydrogen (secondary N) is 1. The Labute approximate surface area is 143 Å². The Bertz CT molecular complexity index is 695. The molecule has 3 rings (SSSR count). The van der Waals surface area contributed by atoms with Crippen LogP contribution in [-0.2, 0) is 0 Å². The Morgan fingerprint density at radius 1 is 1.21 bits per heavy atom. The SMILES string of the molecule is CCCCNC(=O)c1cccc(-c2cc(N3CCCC3)ncn2)c1. The smallest absolute Gasteiger partial charge is 0.251 e. The number of carbonyl (C=O) groups excluding carboxylic acids is 1. The molecule has 0 radical (unpaired) electrons. The van der Waals surface area contributed by atoms with Crippen molar-refractivity contribution < 1.29 is 4.79 Å². The van der Waals surface area contributed by atoms with Gasteiger partial charge in [0.1, 0.15) is 12.1 Å². The van der Waals surface area contributed by atoms with Gasteiger partial charge in [0.25, 0.3) is 5.91 Å². The first-order chi connectivity index (χ1) is 11.8. The monoisotopic (exact) mass is 324 g/mol. The van der Waals surface area contributed by atoms with Gasteiger partial charge in [0.05, 0.1) is 5.69 Å². The average molecular weight is 324 g/mol. The van der Waals surface area contributed by atoms with Gasteiger partial charge in [-0.2, -0.15) is 0 Å². The van der Waals surface area contributed by atoms with E-state index in [0.29, 0.717) is 12.1 Å². The number of anilines is 1. The fourth-order valence-electron chi connectivity index (χ4n) is 2.92. The van der Waals surface area contributed by atoms with Gasteiger partial charge in [-0.1, -0.05) is 25.5 Å². The van der Waals surface area contributed by atoms with Gasteiger partial charge in [0.2, 0.25) is 0 Å². The van der Waals surface area contributed by atoms with Gasteiger partial charge >= 0.3 is 0 Å². The highest BCUT2D eigenvalue weighted by atomic mass is 16.1. The number of aromatic nitrogens is 2. The summed E-state index contributed by atoms with van der Waals surface area (Å²) in [7, 11) is 0. The molecule has 0 spiro atoms. The first-order valence-electron chi connectivity index (χ1n) is 8.73. The maximum atomic E-state index is 12.2. The van der Waals surface area contributed by atoms with Crippen LogP contribution in [0.1, 0.15) is 43.0 Å². The van der Waals surface area contributed by atoms with Crippen LogP contribution in [0.3, 0.4) is 0 Å². The van der Waals surface area contributed by atoms with E-state index in [4.69, 9.17) is 0 Å². The maximum absolute atomic E-state index is 12.2. The highest BCUT2D eigenvalue weighted by Gasteiger charge is 2.15. The van der Waals surface area contributed by atoms with Crippen LogP contribution in [0, 0.1) is 0 Å².